The Bertz CT molecular complexity index is 935. The van der Waals surface area contributed by atoms with Gasteiger partial charge in [-0.3, -0.25) is 9.20 Å². The van der Waals surface area contributed by atoms with Crippen molar-refractivity contribution in [2.45, 2.75) is 25.8 Å². The maximum atomic E-state index is 12.5. The minimum Gasteiger partial charge on any atom is -0.348 e. The largest absolute Gasteiger partial charge is 0.350 e. The number of fused-ring (bicyclic) bond motifs is 1. The Morgan fingerprint density at radius 1 is 1.21 bits per heavy atom. The van der Waals surface area contributed by atoms with E-state index in [1.54, 1.807) is 24.5 Å². The van der Waals surface area contributed by atoms with Crippen LogP contribution in [0.5, 0.6) is 0 Å². The number of thiazole rings is 1. The van der Waals surface area contributed by atoms with Crippen LogP contribution in [-0.2, 0) is 6.54 Å². The first-order chi connectivity index (χ1) is 11.7. The van der Waals surface area contributed by atoms with Crippen LogP contribution in [0.2, 0.25) is 0 Å². The van der Waals surface area contributed by atoms with E-state index in [-0.39, 0.29) is 18.0 Å². The molecule has 0 unspecified atom stereocenters. The van der Waals surface area contributed by atoms with Crippen molar-refractivity contribution in [3.63, 3.8) is 0 Å². The molecule has 0 bridgehead atoms. The summed E-state index contributed by atoms with van der Waals surface area (Å²) in [6.45, 7) is 1.92. The monoisotopic (exact) mass is 343 g/mol. The topological polar surface area (TPSA) is 72.5 Å². The van der Waals surface area contributed by atoms with E-state index in [1.165, 1.54) is 39.7 Å². The number of ketones is 1. The van der Waals surface area contributed by atoms with Gasteiger partial charge >= 0.3 is 5.69 Å². The molecule has 8 heteroatoms. The molecule has 1 aliphatic rings. The van der Waals surface area contributed by atoms with Gasteiger partial charge in [-0.2, -0.15) is 0 Å². The Balaban J connectivity index is 1.54. The molecule has 1 fully saturated rings. The maximum absolute atomic E-state index is 12.5. The second-order valence-corrected chi connectivity index (χ2v) is 6.86. The van der Waals surface area contributed by atoms with Crippen molar-refractivity contribution in [1.82, 2.24) is 19.2 Å². The number of nitrogens with zero attached hydrogens (tertiary/aromatic N) is 5. The summed E-state index contributed by atoms with van der Waals surface area (Å²) in [5, 5.41) is 5.08. The van der Waals surface area contributed by atoms with Gasteiger partial charge in [0, 0.05) is 19.3 Å². The highest BCUT2D eigenvalue weighted by atomic mass is 32.1. The molecular weight excluding hydrogens is 326 g/mol. The lowest BCUT2D eigenvalue weighted by molar-refractivity contribution is 0.0970. The molecule has 4 heterocycles. The summed E-state index contributed by atoms with van der Waals surface area (Å²) >= 11 is 1.39. The molecule has 3 aromatic rings. The minimum atomic E-state index is -0.306. The Morgan fingerprint density at radius 2 is 2.04 bits per heavy atom. The molecule has 0 amide bonds. The van der Waals surface area contributed by atoms with Crippen molar-refractivity contribution in [2.24, 2.45) is 0 Å². The minimum absolute atomic E-state index is 0.0673. The third kappa shape index (κ3) is 2.73. The number of piperidine rings is 1. The maximum Gasteiger partial charge on any atom is 0.350 e. The molecule has 3 aromatic heterocycles. The van der Waals surface area contributed by atoms with Gasteiger partial charge < -0.3 is 4.90 Å². The van der Waals surface area contributed by atoms with Gasteiger partial charge in [-0.25, -0.2) is 14.5 Å². The van der Waals surface area contributed by atoms with E-state index >= 15 is 0 Å². The molecule has 0 aliphatic carbocycles. The van der Waals surface area contributed by atoms with Crippen molar-refractivity contribution in [2.75, 3.05) is 18.0 Å². The molecule has 0 atom stereocenters. The van der Waals surface area contributed by atoms with E-state index in [4.69, 9.17) is 0 Å². The molecule has 0 radical (unpaired) electrons. The first-order valence-electron chi connectivity index (χ1n) is 8.00. The molecule has 0 aromatic carbocycles. The number of Topliss-reactive ketones (excluding diaryl/α,β-unsaturated/α-hetero) is 1. The lowest BCUT2D eigenvalue weighted by Gasteiger charge is -2.25. The third-order valence-corrected chi connectivity index (χ3v) is 5.28. The van der Waals surface area contributed by atoms with Gasteiger partial charge in [0.2, 0.25) is 0 Å². The molecular formula is C16H17N5O2S. The van der Waals surface area contributed by atoms with Crippen LogP contribution in [0.15, 0.2) is 35.4 Å². The molecule has 0 N–H and O–H groups in total. The summed E-state index contributed by atoms with van der Waals surface area (Å²) in [7, 11) is 0. The number of hydrogen-bond donors (Lipinski definition) is 0. The zero-order valence-electron chi connectivity index (χ0n) is 13.1. The zero-order valence-corrected chi connectivity index (χ0v) is 13.9. The van der Waals surface area contributed by atoms with E-state index in [0.717, 1.165) is 18.2 Å². The van der Waals surface area contributed by atoms with Gasteiger partial charge in [0.25, 0.3) is 0 Å². The van der Waals surface area contributed by atoms with Crippen LogP contribution in [0.25, 0.3) is 5.65 Å². The number of rotatable bonds is 4. The summed E-state index contributed by atoms with van der Waals surface area (Å²) < 4.78 is 2.64. The highest BCUT2D eigenvalue weighted by Crippen LogP contribution is 2.25. The first kappa shape index (κ1) is 15.1. The molecule has 4 rings (SSSR count). The summed E-state index contributed by atoms with van der Waals surface area (Å²) in [6.07, 6.45) is 6.84. The van der Waals surface area contributed by atoms with E-state index < -0.39 is 0 Å². The van der Waals surface area contributed by atoms with E-state index in [0.29, 0.717) is 10.5 Å². The summed E-state index contributed by atoms with van der Waals surface area (Å²) in [6, 6.07) is 5.31. The van der Waals surface area contributed by atoms with Crippen LogP contribution >= 0.6 is 11.3 Å². The number of aromatic nitrogens is 4. The van der Waals surface area contributed by atoms with Crippen molar-refractivity contribution >= 4 is 27.9 Å². The van der Waals surface area contributed by atoms with Gasteiger partial charge in [-0.05, 0) is 31.4 Å². The van der Waals surface area contributed by atoms with Gasteiger partial charge in [0.1, 0.15) is 6.54 Å². The Hall–Kier alpha value is -2.48. The van der Waals surface area contributed by atoms with E-state index in [2.05, 4.69) is 15.0 Å². The standard InChI is InChI=1S/C16H17N5O2S/c22-12(11-21-16(23)20-9-5-2-6-14(20)18-21)13-10-17-15(24-13)19-7-3-1-4-8-19/h2,5-6,9-10H,1,3-4,7-8,11H2. The number of carbonyl (C=O) groups excluding carboxylic acids is 1. The quantitative estimate of drug-likeness (QED) is 0.676. The molecule has 124 valence electrons. The fraction of sp³-hybridized carbons (Fsp3) is 0.375. The van der Waals surface area contributed by atoms with Gasteiger partial charge in [0.05, 0.1) is 11.1 Å². The Kier molecular flexibility index (Phi) is 3.89. The molecule has 1 saturated heterocycles. The summed E-state index contributed by atoms with van der Waals surface area (Å²) in [4.78, 5) is 31.9. The van der Waals surface area contributed by atoms with Crippen molar-refractivity contribution in [3.05, 3.63) is 46.0 Å². The summed E-state index contributed by atoms with van der Waals surface area (Å²) in [5.74, 6) is -0.138. The second kappa shape index (κ2) is 6.20. The van der Waals surface area contributed by atoms with Crippen LogP contribution in [0, 0.1) is 0 Å². The van der Waals surface area contributed by atoms with Crippen molar-refractivity contribution in [3.8, 4) is 0 Å². The van der Waals surface area contributed by atoms with Crippen LogP contribution < -0.4 is 10.6 Å². The fourth-order valence-electron chi connectivity index (χ4n) is 2.91. The predicted molar refractivity (Wildman–Crippen MR) is 92.0 cm³/mol. The Labute approximate surface area is 142 Å². The molecule has 24 heavy (non-hydrogen) atoms. The molecule has 1 aliphatic heterocycles. The van der Waals surface area contributed by atoms with Crippen molar-refractivity contribution < 1.29 is 4.79 Å². The molecule has 0 spiro atoms. The average molecular weight is 343 g/mol. The normalized spacial score (nSPS) is 15.1. The highest BCUT2D eigenvalue weighted by molar-refractivity contribution is 7.17. The lowest BCUT2D eigenvalue weighted by atomic mass is 10.1. The van der Waals surface area contributed by atoms with Gasteiger partial charge in [-0.15, -0.1) is 5.10 Å². The van der Waals surface area contributed by atoms with Crippen molar-refractivity contribution in [1.29, 1.82) is 0 Å². The van der Waals surface area contributed by atoms with E-state index in [9.17, 15) is 9.59 Å². The number of pyridine rings is 1. The smallest absolute Gasteiger partial charge is 0.348 e. The van der Waals surface area contributed by atoms with Crippen LogP contribution in [0.4, 0.5) is 5.13 Å². The van der Waals surface area contributed by atoms with Gasteiger partial charge in [-0.1, -0.05) is 17.4 Å². The zero-order chi connectivity index (χ0) is 16.5. The number of hydrogen-bond acceptors (Lipinski definition) is 6. The van der Waals surface area contributed by atoms with Crippen LogP contribution in [-0.4, -0.2) is 38.0 Å². The third-order valence-electron chi connectivity index (χ3n) is 4.18. The fourth-order valence-corrected chi connectivity index (χ4v) is 3.81. The lowest BCUT2D eigenvalue weighted by Crippen LogP contribution is -2.29. The van der Waals surface area contributed by atoms with Crippen LogP contribution in [0.1, 0.15) is 28.9 Å². The highest BCUT2D eigenvalue weighted by Gasteiger charge is 2.18. The number of anilines is 1. The number of carbonyl (C=O) groups is 1. The SMILES string of the molecule is O=C(Cn1nc2ccccn2c1=O)c1cnc(N2CCCCC2)s1. The van der Waals surface area contributed by atoms with E-state index in [1.807, 2.05) is 6.07 Å². The first-order valence-corrected chi connectivity index (χ1v) is 8.82. The summed E-state index contributed by atoms with van der Waals surface area (Å²) in [5.41, 5.74) is 0.230. The average Bonchev–Trinajstić information content (AvgIpc) is 3.22. The molecule has 7 nitrogen and oxygen atoms in total. The second-order valence-electron chi connectivity index (χ2n) is 5.85. The van der Waals surface area contributed by atoms with Crippen LogP contribution in [0.3, 0.4) is 0 Å². The predicted octanol–water partition coefficient (Wildman–Crippen LogP) is 1.83. The van der Waals surface area contributed by atoms with Gasteiger partial charge in [0.15, 0.2) is 16.6 Å². The molecule has 0 saturated carbocycles. The Morgan fingerprint density at radius 3 is 2.83 bits per heavy atom.